The summed E-state index contributed by atoms with van der Waals surface area (Å²) in [6.07, 6.45) is 12.9. The highest BCUT2D eigenvalue weighted by molar-refractivity contribution is 5.96. The zero-order valence-electron chi connectivity index (χ0n) is 22.3. The highest BCUT2D eigenvalue weighted by atomic mass is 15.3. The number of nitrogens with one attached hydrogen (secondary N) is 3. The van der Waals surface area contributed by atoms with Crippen molar-refractivity contribution in [3.63, 3.8) is 0 Å². The fraction of sp³-hybridized carbons (Fsp3) is 0.414. The Morgan fingerprint density at radius 1 is 1.00 bits per heavy atom. The van der Waals surface area contributed by atoms with Gasteiger partial charge in [-0.2, -0.15) is 5.10 Å². The van der Waals surface area contributed by atoms with E-state index in [9.17, 15) is 0 Å². The number of aromatic amines is 2. The van der Waals surface area contributed by atoms with Gasteiger partial charge in [0.25, 0.3) is 0 Å². The van der Waals surface area contributed by atoms with Crippen molar-refractivity contribution in [2.45, 2.75) is 32.2 Å². The maximum absolute atomic E-state index is 4.99. The van der Waals surface area contributed by atoms with Crippen molar-refractivity contribution in [1.82, 2.24) is 45.3 Å². The van der Waals surface area contributed by atoms with Crippen molar-refractivity contribution >= 4 is 27.8 Å². The summed E-state index contributed by atoms with van der Waals surface area (Å²) in [5, 5.41) is 12.3. The van der Waals surface area contributed by atoms with Gasteiger partial charge in [0.1, 0.15) is 11.2 Å². The van der Waals surface area contributed by atoms with E-state index in [0.717, 1.165) is 95.7 Å². The first-order valence-corrected chi connectivity index (χ1v) is 14.0. The number of nitrogens with zero attached hydrogens (tertiary/aromatic N) is 7. The number of anilines is 1. The molecule has 5 aromatic heterocycles. The third-order valence-electron chi connectivity index (χ3n) is 8.18. The SMILES string of the molecule is CN1CCN(c2nccc3[nH]c(-c4n[nH]c5cnc(-c6cncc(CNCC7CCCC7)c6)cc45)nc23)CC1. The van der Waals surface area contributed by atoms with Gasteiger partial charge in [-0.25, -0.2) is 9.97 Å². The molecule has 3 N–H and O–H groups in total. The molecule has 0 spiro atoms. The Morgan fingerprint density at radius 2 is 1.87 bits per heavy atom. The molecular formula is C29H34N10. The molecule has 1 saturated heterocycles. The van der Waals surface area contributed by atoms with Crippen molar-refractivity contribution in [2.24, 2.45) is 5.92 Å². The van der Waals surface area contributed by atoms with Gasteiger partial charge in [0, 0.05) is 62.3 Å². The van der Waals surface area contributed by atoms with Crippen molar-refractivity contribution in [2.75, 3.05) is 44.7 Å². The molecule has 6 heterocycles. The van der Waals surface area contributed by atoms with Gasteiger partial charge in [0.15, 0.2) is 11.6 Å². The lowest BCUT2D eigenvalue weighted by molar-refractivity contribution is 0.312. The number of aromatic nitrogens is 7. The Labute approximate surface area is 227 Å². The average molecular weight is 523 g/mol. The Bertz CT molecular complexity index is 1590. The van der Waals surface area contributed by atoms with Gasteiger partial charge in [-0.3, -0.25) is 15.1 Å². The van der Waals surface area contributed by atoms with Crippen LogP contribution in [0.25, 0.3) is 44.7 Å². The van der Waals surface area contributed by atoms with E-state index in [-0.39, 0.29) is 0 Å². The van der Waals surface area contributed by atoms with Crippen LogP contribution in [0.4, 0.5) is 5.82 Å². The van der Waals surface area contributed by atoms with E-state index in [2.05, 4.69) is 54.5 Å². The predicted octanol–water partition coefficient (Wildman–Crippen LogP) is 3.99. The van der Waals surface area contributed by atoms with Crippen molar-refractivity contribution in [3.05, 3.63) is 48.5 Å². The number of piperazine rings is 1. The Hall–Kier alpha value is -3.89. The van der Waals surface area contributed by atoms with E-state index in [1.54, 1.807) is 0 Å². The molecule has 0 atom stereocenters. The minimum Gasteiger partial charge on any atom is -0.352 e. The Morgan fingerprint density at radius 3 is 2.74 bits per heavy atom. The summed E-state index contributed by atoms with van der Waals surface area (Å²) in [4.78, 5) is 27.0. The Kier molecular flexibility index (Phi) is 6.41. The number of pyridine rings is 3. The van der Waals surface area contributed by atoms with Gasteiger partial charge in [0.2, 0.25) is 0 Å². The number of H-pyrrole nitrogens is 2. The zero-order chi connectivity index (χ0) is 26.2. The van der Waals surface area contributed by atoms with Crippen LogP contribution >= 0.6 is 0 Å². The smallest absolute Gasteiger partial charge is 0.159 e. The quantitative estimate of drug-likeness (QED) is 0.294. The number of rotatable bonds is 7. The molecule has 0 bridgehead atoms. The van der Waals surface area contributed by atoms with Crippen LogP contribution in [0.2, 0.25) is 0 Å². The number of hydrogen-bond acceptors (Lipinski definition) is 8. The maximum Gasteiger partial charge on any atom is 0.159 e. The first-order valence-electron chi connectivity index (χ1n) is 14.0. The van der Waals surface area contributed by atoms with E-state index in [1.165, 1.54) is 31.2 Å². The molecular weight excluding hydrogens is 488 g/mol. The van der Waals surface area contributed by atoms with Crippen LogP contribution in [-0.4, -0.2) is 79.8 Å². The minimum absolute atomic E-state index is 0.722. The van der Waals surface area contributed by atoms with E-state index in [1.807, 2.05) is 30.9 Å². The summed E-state index contributed by atoms with van der Waals surface area (Å²) in [6, 6.07) is 6.23. The predicted molar refractivity (Wildman–Crippen MR) is 153 cm³/mol. The molecule has 39 heavy (non-hydrogen) atoms. The summed E-state index contributed by atoms with van der Waals surface area (Å²) in [5.74, 6) is 2.46. The van der Waals surface area contributed by atoms with Gasteiger partial charge in [-0.05, 0) is 56.1 Å². The van der Waals surface area contributed by atoms with Crippen LogP contribution in [0.5, 0.6) is 0 Å². The largest absolute Gasteiger partial charge is 0.352 e. The molecule has 2 aliphatic rings. The van der Waals surface area contributed by atoms with Gasteiger partial charge >= 0.3 is 0 Å². The molecule has 0 radical (unpaired) electrons. The summed E-state index contributed by atoms with van der Waals surface area (Å²) in [5.41, 5.74) is 6.51. The highest BCUT2D eigenvalue weighted by Gasteiger charge is 2.21. The zero-order valence-corrected chi connectivity index (χ0v) is 22.3. The maximum atomic E-state index is 4.99. The molecule has 10 nitrogen and oxygen atoms in total. The molecule has 2 fully saturated rings. The molecule has 1 aliphatic heterocycles. The highest BCUT2D eigenvalue weighted by Crippen LogP contribution is 2.31. The molecule has 10 heteroatoms. The van der Waals surface area contributed by atoms with E-state index >= 15 is 0 Å². The van der Waals surface area contributed by atoms with Crippen LogP contribution in [-0.2, 0) is 6.54 Å². The molecule has 7 rings (SSSR count). The summed E-state index contributed by atoms with van der Waals surface area (Å²) < 4.78 is 0. The molecule has 1 saturated carbocycles. The lowest BCUT2D eigenvalue weighted by Gasteiger charge is -2.33. The second-order valence-electron chi connectivity index (χ2n) is 11.0. The summed E-state index contributed by atoms with van der Waals surface area (Å²) in [7, 11) is 2.16. The molecule has 200 valence electrons. The third-order valence-corrected chi connectivity index (χ3v) is 8.18. The second-order valence-corrected chi connectivity index (χ2v) is 11.0. The van der Waals surface area contributed by atoms with Crippen LogP contribution in [0, 0.1) is 5.92 Å². The lowest BCUT2D eigenvalue weighted by Crippen LogP contribution is -2.44. The fourth-order valence-corrected chi connectivity index (χ4v) is 5.90. The van der Waals surface area contributed by atoms with Crippen LogP contribution in [0.3, 0.4) is 0 Å². The van der Waals surface area contributed by atoms with Crippen LogP contribution < -0.4 is 10.2 Å². The van der Waals surface area contributed by atoms with Crippen LogP contribution in [0.15, 0.2) is 43.0 Å². The standard InChI is InChI=1S/C29H34N10/c1-38-8-10-39(11-9-38)29-27-23(6-7-32-29)34-28(35-27)26-22-13-24(33-18-25(22)36-37-26)21-12-20(16-31-17-21)15-30-14-19-4-2-3-5-19/h6-7,12-13,16-19,30H,2-5,8-11,14-15H2,1H3,(H,34,35)(H,36,37). The fourth-order valence-electron chi connectivity index (χ4n) is 5.90. The van der Waals surface area contributed by atoms with E-state index in [0.29, 0.717) is 0 Å². The molecule has 0 unspecified atom stereocenters. The van der Waals surface area contributed by atoms with Gasteiger partial charge in [-0.1, -0.05) is 12.8 Å². The first kappa shape index (κ1) is 24.2. The van der Waals surface area contributed by atoms with Crippen molar-refractivity contribution < 1.29 is 0 Å². The topological polar surface area (TPSA) is 115 Å². The molecule has 0 aromatic carbocycles. The minimum atomic E-state index is 0.722. The monoisotopic (exact) mass is 522 g/mol. The third kappa shape index (κ3) is 4.86. The average Bonchev–Trinajstić information content (AvgIpc) is 3.73. The molecule has 1 aliphatic carbocycles. The molecule has 0 amide bonds. The normalized spacial score (nSPS) is 17.1. The number of fused-ring (bicyclic) bond motifs is 2. The van der Waals surface area contributed by atoms with Gasteiger partial charge < -0.3 is 20.1 Å². The summed E-state index contributed by atoms with van der Waals surface area (Å²) >= 11 is 0. The van der Waals surface area contributed by atoms with Crippen molar-refractivity contribution in [1.29, 1.82) is 0 Å². The number of likely N-dealkylation sites (N-methyl/N-ethyl adjacent to an activating group) is 1. The molecule has 5 aromatic rings. The second kappa shape index (κ2) is 10.3. The lowest BCUT2D eigenvalue weighted by atomic mass is 10.1. The first-order chi connectivity index (χ1) is 19.2. The van der Waals surface area contributed by atoms with Crippen molar-refractivity contribution in [3.8, 4) is 22.8 Å². The van der Waals surface area contributed by atoms with E-state index < -0.39 is 0 Å². The number of hydrogen-bond donors (Lipinski definition) is 3. The van der Waals surface area contributed by atoms with Crippen LogP contribution in [0.1, 0.15) is 31.2 Å². The van der Waals surface area contributed by atoms with E-state index in [4.69, 9.17) is 15.0 Å². The summed E-state index contributed by atoms with van der Waals surface area (Å²) in [6.45, 7) is 5.81. The van der Waals surface area contributed by atoms with Gasteiger partial charge in [-0.15, -0.1) is 0 Å². The van der Waals surface area contributed by atoms with Gasteiger partial charge in [0.05, 0.1) is 22.9 Å². The Balaban J connectivity index is 1.17. The number of imidazole rings is 1.